The van der Waals surface area contributed by atoms with Gasteiger partial charge in [-0.1, -0.05) is 18.5 Å². The fourth-order valence-electron chi connectivity index (χ4n) is 1.23. The van der Waals surface area contributed by atoms with Crippen LogP contribution >= 0.6 is 11.6 Å². The molecule has 0 fully saturated rings. The molecule has 0 aliphatic rings. The van der Waals surface area contributed by atoms with Crippen molar-refractivity contribution >= 4 is 17.6 Å². The van der Waals surface area contributed by atoms with Crippen LogP contribution in [0.2, 0.25) is 5.02 Å². The predicted molar refractivity (Wildman–Crippen MR) is 62.6 cm³/mol. The van der Waals surface area contributed by atoms with E-state index < -0.39 is 0 Å². The third-order valence-corrected chi connectivity index (χ3v) is 2.48. The van der Waals surface area contributed by atoms with Crippen LogP contribution in [-0.4, -0.2) is 17.7 Å². The third kappa shape index (κ3) is 4.21. The Morgan fingerprint density at radius 1 is 1.44 bits per heavy atom. The van der Waals surface area contributed by atoms with Gasteiger partial charge in [0.1, 0.15) is 5.75 Å². The van der Waals surface area contributed by atoms with E-state index in [-0.39, 0.29) is 18.5 Å². The first kappa shape index (κ1) is 13.0. The summed E-state index contributed by atoms with van der Waals surface area (Å²) in [6.45, 7) is 1.88. The van der Waals surface area contributed by atoms with E-state index in [1.807, 2.05) is 0 Å². The molecule has 0 aliphatic heterocycles. The Labute approximate surface area is 100.0 Å². The van der Waals surface area contributed by atoms with Gasteiger partial charge in [-0.25, -0.2) is 0 Å². The summed E-state index contributed by atoms with van der Waals surface area (Å²) in [6, 6.07) is 6.64. The summed E-state index contributed by atoms with van der Waals surface area (Å²) >= 11 is 5.71. The molecule has 0 spiro atoms. The second-order valence-corrected chi connectivity index (χ2v) is 4.08. The van der Waals surface area contributed by atoms with Crippen LogP contribution in [0.3, 0.4) is 0 Å². The molecule has 0 aromatic heterocycles. The molecule has 0 aliphatic carbocycles. The molecule has 1 rings (SSSR count). The Balaban J connectivity index is 2.47. The zero-order valence-electron chi connectivity index (χ0n) is 9.15. The standard InChI is InChI=1S/C12H15ClO3/c1-9(3-2-8-14)12(15)16-11-6-4-10(13)5-7-11/h4-7,9,14H,2-3,8H2,1H3. The molecule has 1 unspecified atom stereocenters. The number of hydrogen-bond acceptors (Lipinski definition) is 3. The highest BCUT2D eigenvalue weighted by molar-refractivity contribution is 6.30. The molecule has 0 radical (unpaired) electrons. The van der Waals surface area contributed by atoms with Gasteiger partial charge in [0, 0.05) is 11.6 Å². The van der Waals surface area contributed by atoms with Gasteiger partial charge >= 0.3 is 5.97 Å². The van der Waals surface area contributed by atoms with Crippen LogP contribution in [0, 0.1) is 5.92 Å². The lowest BCUT2D eigenvalue weighted by Gasteiger charge is -2.10. The Morgan fingerprint density at radius 2 is 2.06 bits per heavy atom. The quantitative estimate of drug-likeness (QED) is 0.638. The van der Waals surface area contributed by atoms with Gasteiger partial charge in [0.2, 0.25) is 0 Å². The number of hydrogen-bond donors (Lipinski definition) is 1. The van der Waals surface area contributed by atoms with E-state index >= 15 is 0 Å². The van der Waals surface area contributed by atoms with Gasteiger partial charge in [0.15, 0.2) is 0 Å². The third-order valence-electron chi connectivity index (χ3n) is 2.23. The SMILES string of the molecule is CC(CCCO)C(=O)Oc1ccc(Cl)cc1. The largest absolute Gasteiger partial charge is 0.426 e. The van der Waals surface area contributed by atoms with Crippen LogP contribution < -0.4 is 4.74 Å². The van der Waals surface area contributed by atoms with Crippen molar-refractivity contribution in [3.63, 3.8) is 0 Å². The lowest BCUT2D eigenvalue weighted by atomic mass is 10.1. The summed E-state index contributed by atoms with van der Waals surface area (Å²) in [7, 11) is 0. The maximum absolute atomic E-state index is 11.6. The van der Waals surface area contributed by atoms with Crippen LogP contribution in [0.1, 0.15) is 19.8 Å². The Hall–Kier alpha value is -1.06. The fourth-order valence-corrected chi connectivity index (χ4v) is 1.36. The summed E-state index contributed by atoms with van der Waals surface area (Å²) in [5.74, 6) is 0.00356. The van der Waals surface area contributed by atoms with Crippen LogP contribution in [0.5, 0.6) is 5.75 Å². The van der Waals surface area contributed by atoms with Gasteiger partial charge in [-0.2, -0.15) is 0 Å². The summed E-state index contributed by atoms with van der Waals surface area (Å²) < 4.78 is 5.15. The average Bonchev–Trinajstić information content (AvgIpc) is 2.29. The minimum Gasteiger partial charge on any atom is -0.426 e. The first-order chi connectivity index (χ1) is 7.63. The van der Waals surface area contributed by atoms with Gasteiger partial charge < -0.3 is 9.84 Å². The van der Waals surface area contributed by atoms with Crippen molar-refractivity contribution in [1.82, 2.24) is 0 Å². The van der Waals surface area contributed by atoms with Gasteiger partial charge in [-0.3, -0.25) is 4.79 Å². The van der Waals surface area contributed by atoms with Crippen molar-refractivity contribution in [3.05, 3.63) is 29.3 Å². The summed E-state index contributed by atoms with van der Waals surface area (Å²) in [5, 5.41) is 9.26. The Kier molecular flexibility index (Phi) is 5.29. The number of halogens is 1. The highest BCUT2D eigenvalue weighted by Crippen LogP contribution is 2.17. The summed E-state index contributed by atoms with van der Waals surface area (Å²) in [4.78, 5) is 11.6. The van der Waals surface area contributed by atoms with E-state index in [0.717, 1.165) is 0 Å². The normalized spacial score (nSPS) is 12.2. The minimum absolute atomic E-state index is 0.0958. The maximum atomic E-state index is 11.6. The molecular formula is C12H15ClO3. The molecule has 4 heteroatoms. The fraction of sp³-hybridized carbons (Fsp3) is 0.417. The zero-order valence-corrected chi connectivity index (χ0v) is 9.91. The van der Waals surface area contributed by atoms with Crippen molar-refractivity contribution in [2.24, 2.45) is 5.92 Å². The first-order valence-corrected chi connectivity index (χ1v) is 5.59. The second kappa shape index (κ2) is 6.51. The number of aliphatic hydroxyl groups excluding tert-OH is 1. The average molecular weight is 243 g/mol. The predicted octanol–water partition coefficient (Wildman–Crippen LogP) is 2.65. The molecule has 1 aromatic carbocycles. The molecular weight excluding hydrogens is 228 g/mol. The van der Waals surface area contributed by atoms with E-state index in [2.05, 4.69) is 0 Å². The molecule has 0 saturated carbocycles. The lowest BCUT2D eigenvalue weighted by Crippen LogP contribution is -2.18. The highest BCUT2D eigenvalue weighted by atomic mass is 35.5. The van der Waals surface area contributed by atoms with Crippen molar-refractivity contribution in [3.8, 4) is 5.75 Å². The van der Waals surface area contributed by atoms with Crippen LogP contribution in [0.4, 0.5) is 0 Å². The Bertz CT molecular complexity index is 335. The molecule has 0 saturated heterocycles. The monoisotopic (exact) mass is 242 g/mol. The maximum Gasteiger partial charge on any atom is 0.314 e. The highest BCUT2D eigenvalue weighted by Gasteiger charge is 2.14. The number of rotatable bonds is 5. The molecule has 3 nitrogen and oxygen atoms in total. The molecule has 1 aromatic rings. The lowest BCUT2D eigenvalue weighted by molar-refractivity contribution is -0.138. The molecule has 88 valence electrons. The van der Waals surface area contributed by atoms with E-state index in [9.17, 15) is 4.79 Å². The van der Waals surface area contributed by atoms with Crippen molar-refractivity contribution in [2.45, 2.75) is 19.8 Å². The topological polar surface area (TPSA) is 46.5 Å². The van der Waals surface area contributed by atoms with E-state index in [1.54, 1.807) is 31.2 Å². The van der Waals surface area contributed by atoms with Crippen molar-refractivity contribution < 1.29 is 14.6 Å². The van der Waals surface area contributed by atoms with Crippen molar-refractivity contribution in [2.75, 3.05) is 6.61 Å². The van der Waals surface area contributed by atoms with Gasteiger partial charge in [0.05, 0.1) is 5.92 Å². The molecule has 0 amide bonds. The number of benzene rings is 1. The van der Waals surface area contributed by atoms with Crippen molar-refractivity contribution in [1.29, 1.82) is 0 Å². The number of esters is 1. The first-order valence-electron chi connectivity index (χ1n) is 5.21. The van der Waals surface area contributed by atoms with Gasteiger partial charge in [0.25, 0.3) is 0 Å². The smallest absolute Gasteiger partial charge is 0.314 e. The molecule has 0 heterocycles. The second-order valence-electron chi connectivity index (χ2n) is 3.64. The summed E-state index contributed by atoms with van der Waals surface area (Å²) in [5.41, 5.74) is 0. The minimum atomic E-state index is -0.282. The summed E-state index contributed by atoms with van der Waals surface area (Å²) in [6.07, 6.45) is 1.24. The zero-order chi connectivity index (χ0) is 12.0. The number of carbonyl (C=O) groups is 1. The molecule has 0 bridgehead atoms. The van der Waals surface area contributed by atoms with Crippen LogP contribution in [0.25, 0.3) is 0 Å². The van der Waals surface area contributed by atoms with Gasteiger partial charge in [-0.15, -0.1) is 0 Å². The number of ether oxygens (including phenoxy) is 1. The number of aliphatic hydroxyl groups is 1. The molecule has 1 N–H and O–H groups in total. The van der Waals surface area contributed by atoms with Crippen LogP contribution in [0.15, 0.2) is 24.3 Å². The van der Waals surface area contributed by atoms with E-state index in [1.165, 1.54) is 0 Å². The van der Waals surface area contributed by atoms with Gasteiger partial charge in [-0.05, 0) is 37.1 Å². The Morgan fingerprint density at radius 3 is 2.62 bits per heavy atom. The van der Waals surface area contributed by atoms with E-state index in [0.29, 0.717) is 23.6 Å². The molecule has 1 atom stereocenters. The molecule has 16 heavy (non-hydrogen) atoms. The van der Waals surface area contributed by atoms with E-state index in [4.69, 9.17) is 21.4 Å². The number of carbonyl (C=O) groups excluding carboxylic acids is 1. The van der Waals surface area contributed by atoms with Crippen LogP contribution in [-0.2, 0) is 4.79 Å².